The summed E-state index contributed by atoms with van der Waals surface area (Å²) < 4.78 is 38.9. The van der Waals surface area contributed by atoms with Gasteiger partial charge in [-0.3, -0.25) is 4.79 Å². The van der Waals surface area contributed by atoms with Crippen LogP contribution in [-0.4, -0.2) is 17.1 Å². The molecule has 5 nitrogen and oxygen atoms in total. The molecule has 8 heteroatoms. The number of alkyl halides is 3. The maximum absolute atomic E-state index is 13.0. The number of carbonyl (C=O) groups excluding carboxylic acids is 1. The van der Waals surface area contributed by atoms with Crippen LogP contribution in [0, 0.1) is 12.3 Å². The molecule has 2 rings (SSSR count). The number of rotatable bonds is 3. The lowest BCUT2D eigenvalue weighted by molar-refractivity contribution is -0.137. The third-order valence-corrected chi connectivity index (χ3v) is 3.31. The van der Waals surface area contributed by atoms with Gasteiger partial charge in [0.05, 0.1) is 5.56 Å². The Hall–Kier alpha value is -2.90. The van der Waals surface area contributed by atoms with Crippen molar-refractivity contribution in [2.45, 2.75) is 13.1 Å². The van der Waals surface area contributed by atoms with E-state index < -0.39 is 17.6 Å². The molecule has 2 aromatic rings. The van der Waals surface area contributed by atoms with Gasteiger partial charge in [-0.25, -0.2) is 4.98 Å². The van der Waals surface area contributed by atoms with Crippen LogP contribution in [0.3, 0.4) is 0 Å². The van der Waals surface area contributed by atoms with Crippen molar-refractivity contribution in [2.24, 2.45) is 5.73 Å². The molecule has 0 spiro atoms. The number of halogens is 3. The van der Waals surface area contributed by atoms with Crippen molar-refractivity contribution in [3.8, 4) is 11.1 Å². The highest BCUT2D eigenvalue weighted by atomic mass is 19.4. The smallest absolute Gasteiger partial charge is 0.398 e. The molecule has 0 aliphatic carbocycles. The second-order valence-corrected chi connectivity index (χ2v) is 4.86. The number of benzene rings is 1. The molecule has 0 saturated carbocycles. The van der Waals surface area contributed by atoms with Crippen LogP contribution in [0.5, 0.6) is 0 Å². The zero-order valence-corrected chi connectivity index (χ0v) is 12.0. The van der Waals surface area contributed by atoms with Crippen LogP contribution in [0.4, 0.5) is 18.9 Å². The van der Waals surface area contributed by atoms with Crippen molar-refractivity contribution in [1.82, 2.24) is 4.98 Å². The van der Waals surface area contributed by atoms with Crippen molar-refractivity contribution < 1.29 is 18.0 Å². The van der Waals surface area contributed by atoms with Gasteiger partial charge >= 0.3 is 6.18 Å². The minimum Gasteiger partial charge on any atom is -0.398 e. The maximum Gasteiger partial charge on any atom is 0.416 e. The number of amides is 1. The van der Waals surface area contributed by atoms with Crippen LogP contribution in [0.15, 0.2) is 24.3 Å². The van der Waals surface area contributed by atoms with Crippen molar-refractivity contribution in [2.75, 3.05) is 5.73 Å². The number of carbonyl (C=O) groups is 1. The summed E-state index contributed by atoms with van der Waals surface area (Å²) in [6, 6.07) is 4.44. The van der Waals surface area contributed by atoms with E-state index in [9.17, 15) is 18.0 Å². The summed E-state index contributed by atoms with van der Waals surface area (Å²) in [5.74, 6) is -0.740. The minimum absolute atomic E-state index is 0.00241. The Bertz CT molecular complexity index is 800. The first kappa shape index (κ1) is 16.5. The summed E-state index contributed by atoms with van der Waals surface area (Å²) in [5, 5.41) is 7.40. The normalized spacial score (nSPS) is 11.3. The van der Waals surface area contributed by atoms with Gasteiger partial charge in [0.25, 0.3) is 5.91 Å². The van der Waals surface area contributed by atoms with Gasteiger partial charge in [-0.1, -0.05) is 6.07 Å². The summed E-state index contributed by atoms with van der Waals surface area (Å²) in [6.45, 7) is 1.53. The molecular weight excluding hydrogens is 309 g/mol. The Morgan fingerprint density at radius 2 is 1.91 bits per heavy atom. The average molecular weight is 322 g/mol. The third kappa shape index (κ3) is 3.15. The molecule has 0 aliphatic rings. The number of nitrogen functional groups attached to an aromatic ring is 1. The molecule has 0 saturated heterocycles. The van der Waals surface area contributed by atoms with Gasteiger partial charge in [-0.15, -0.1) is 0 Å². The van der Waals surface area contributed by atoms with Crippen LogP contribution in [0.1, 0.15) is 27.3 Å². The third-order valence-electron chi connectivity index (χ3n) is 3.31. The molecule has 0 aliphatic heterocycles. The minimum atomic E-state index is -4.57. The van der Waals surface area contributed by atoms with Gasteiger partial charge in [0, 0.05) is 28.7 Å². The number of nitrogens with zero attached hydrogens (tertiary/aromatic N) is 1. The van der Waals surface area contributed by atoms with E-state index in [2.05, 4.69) is 4.98 Å². The number of hydrogen-bond donors (Lipinski definition) is 3. The molecule has 120 valence electrons. The zero-order valence-electron chi connectivity index (χ0n) is 12.0. The Morgan fingerprint density at radius 3 is 2.39 bits per heavy atom. The lowest BCUT2D eigenvalue weighted by atomic mass is 9.95. The topological polar surface area (TPSA) is 106 Å². The van der Waals surface area contributed by atoms with Crippen LogP contribution < -0.4 is 11.5 Å². The van der Waals surface area contributed by atoms with Gasteiger partial charge in [0.1, 0.15) is 5.69 Å². The molecule has 23 heavy (non-hydrogen) atoms. The summed E-state index contributed by atoms with van der Waals surface area (Å²) in [6.07, 6.45) is -3.69. The number of aryl methyl sites for hydroxylation is 1. The van der Waals surface area contributed by atoms with E-state index in [0.29, 0.717) is 11.3 Å². The van der Waals surface area contributed by atoms with E-state index in [4.69, 9.17) is 16.9 Å². The van der Waals surface area contributed by atoms with Crippen LogP contribution in [-0.2, 0) is 6.18 Å². The van der Waals surface area contributed by atoms with Crippen molar-refractivity contribution in [1.29, 1.82) is 5.41 Å². The number of nitrogens with one attached hydrogen (secondary N) is 1. The van der Waals surface area contributed by atoms with Gasteiger partial charge in [0.15, 0.2) is 0 Å². The number of nitrogens with two attached hydrogens (primary N) is 2. The molecule has 1 heterocycles. The fraction of sp³-hybridized carbons (Fsp3) is 0.133. The largest absolute Gasteiger partial charge is 0.416 e. The van der Waals surface area contributed by atoms with Gasteiger partial charge in [0.2, 0.25) is 0 Å². The van der Waals surface area contributed by atoms with E-state index in [1.807, 2.05) is 0 Å². The number of pyridine rings is 1. The second kappa shape index (κ2) is 5.71. The van der Waals surface area contributed by atoms with E-state index >= 15 is 0 Å². The fourth-order valence-electron chi connectivity index (χ4n) is 2.21. The Labute approximate surface area is 129 Å². The molecule has 0 fully saturated rings. The van der Waals surface area contributed by atoms with Crippen molar-refractivity contribution in [3.63, 3.8) is 0 Å². The van der Waals surface area contributed by atoms with E-state index in [-0.39, 0.29) is 22.5 Å². The monoisotopic (exact) mass is 322 g/mol. The van der Waals surface area contributed by atoms with Crippen molar-refractivity contribution >= 4 is 17.8 Å². The lowest BCUT2D eigenvalue weighted by Gasteiger charge is -2.15. The number of primary amides is 1. The molecule has 0 atom stereocenters. The Balaban J connectivity index is 2.74. The average Bonchev–Trinajstić information content (AvgIpc) is 2.45. The summed E-state index contributed by atoms with van der Waals surface area (Å²) >= 11 is 0. The van der Waals surface area contributed by atoms with E-state index in [1.165, 1.54) is 19.1 Å². The first-order valence-corrected chi connectivity index (χ1v) is 6.44. The predicted octanol–water partition coefficient (Wildman–Crippen LogP) is 2.75. The molecule has 0 bridgehead atoms. The molecule has 1 amide bonds. The van der Waals surface area contributed by atoms with E-state index in [1.54, 1.807) is 0 Å². The number of hydrogen-bond acceptors (Lipinski definition) is 4. The Morgan fingerprint density at radius 1 is 1.26 bits per heavy atom. The molecule has 1 aromatic carbocycles. The standard InChI is InChI=1S/C15H13F3N4O/c1-7-9(2-3-13(22-7)14(21)23)10-4-8(15(16,17)18)5-12(20)11(10)6-19/h2-6,19H,20H2,1H3,(H2,21,23). The first-order chi connectivity index (χ1) is 10.6. The molecular formula is C15H13F3N4O. The zero-order chi connectivity index (χ0) is 17.4. The highest BCUT2D eigenvalue weighted by molar-refractivity contribution is 5.96. The molecule has 0 radical (unpaired) electrons. The summed E-state index contributed by atoms with van der Waals surface area (Å²) in [5.41, 5.74) is 10.6. The van der Waals surface area contributed by atoms with Crippen LogP contribution in [0.2, 0.25) is 0 Å². The van der Waals surface area contributed by atoms with Gasteiger partial charge in [-0.05, 0) is 30.7 Å². The van der Waals surface area contributed by atoms with Crippen LogP contribution in [0.25, 0.3) is 11.1 Å². The lowest BCUT2D eigenvalue weighted by Crippen LogP contribution is -2.14. The van der Waals surface area contributed by atoms with Gasteiger partial charge in [-0.2, -0.15) is 13.2 Å². The first-order valence-electron chi connectivity index (χ1n) is 6.44. The SMILES string of the molecule is Cc1nc(C(N)=O)ccc1-c1cc(C(F)(F)F)cc(N)c1C=N. The summed E-state index contributed by atoms with van der Waals surface area (Å²) in [7, 11) is 0. The predicted molar refractivity (Wildman–Crippen MR) is 80.2 cm³/mol. The van der Waals surface area contributed by atoms with Crippen LogP contribution >= 0.6 is 0 Å². The number of aromatic nitrogens is 1. The molecule has 0 unspecified atom stereocenters. The fourth-order valence-corrected chi connectivity index (χ4v) is 2.21. The highest BCUT2D eigenvalue weighted by Crippen LogP contribution is 2.37. The van der Waals surface area contributed by atoms with Gasteiger partial charge < -0.3 is 16.9 Å². The Kier molecular flexibility index (Phi) is 4.09. The highest BCUT2D eigenvalue weighted by Gasteiger charge is 2.32. The second-order valence-electron chi connectivity index (χ2n) is 4.86. The van der Waals surface area contributed by atoms with E-state index in [0.717, 1.165) is 18.3 Å². The summed E-state index contributed by atoms with van der Waals surface area (Å²) in [4.78, 5) is 15.1. The quantitative estimate of drug-likeness (QED) is 0.597. The maximum atomic E-state index is 13.0. The molecule has 5 N–H and O–H groups in total. The van der Waals surface area contributed by atoms with Crippen molar-refractivity contribution in [3.05, 3.63) is 46.8 Å². The number of anilines is 1. The molecule has 1 aromatic heterocycles.